The quantitative estimate of drug-likeness (QED) is 0.772. The molecule has 2 saturated carbocycles. The third-order valence-corrected chi connectivity index (χ3v) is 5.67. The van der Waals surface area contributed by atoms with Crippen molar-refractivity contribution < 1.29 is 4.74 Å². The summed E-state index contributed by atoms with van der Waals surface area (Å²) in [7, 11) is 0. The van der Waals surface area contributed by atoms with Crippen LogP contribution in [0.3, 0.4) is 0 Å². The van der Waals surface area contributed by atoms with E-state index in [0.29, 0.717) is 6.10 Å². The topological polar surface area (TPSA) is 21.3 Å². The van der Waals surface area contributed by atoms with Gasteiger partial charge in [-0.1, -0.05) is 27.2 Å². The molecule has 0 aromatic heterocycles. The summed E-state index contributed by atoms with van der Waals surface area (Å²) >= 11 is 0. The van der Waals surface area contributed by atoms with Gasteiger partial charge in [-0.05, 0) is 69.7 Å². The SMILES string of the molecule is CCNCC1(OC2CCC(C)CC2)CCC(CC)CC1. The van der Waals surface area contributed by atoms with Crippen LogP contribution in [0.15, 0.2) is 0 Å². The molecule has 0 aromatic carbocycles. The molecule has 1 N–H and O–H groups in total. The molecule has 0 amide bonds. The van der Waals surface area contributed by atoms with Crippen molar-refractivity contribution in [2.45, 2.75) is 90.3 Å². The van der Waals surface area contributed by atoms with Gasteiger partial charge in [-0.25, -0.2) is 0 Å². The maximum atomic E-state index is 6.70. The minimum absolute atomic E-state index is 0.146. The van der Waals surface area contributed by atoms with Gasteiger partial charge in [0, 0.05) is 6.54 Å². The average Bonchev–Trinajstić information content (AvgIpc) is 2.48. The van der Waals surface area contributed by atoms with Gasteiger partial charge in [0.1, 0.15) is 0 Å². The summed E-state index contributed by atoms with van der Waals surface area (Å²) in [6.45, 7) is 9.05. The van der Waals surface area contributed by atoms with Crippen LogP contribution >= 0.6 is 0 Å². The van der Waals surface area contributed by atoms with Gasteiger partial charge in [-0.15, -0.1) is 0 Å². The molecule has 0 saturated heterocycles. The lowest BCUT2D eigenvalue weighted by atomic mass is 9.77. The van der Waals surface area contributed by atoms with Gasteiger partial charge < -0.3 is 10.1 Å². The summed E-state index contributed by atoms with van der Waals surface area (Å²) in [4.78, 5) is 0. The Morgan fingerprint density at radius 3 is 2.20 bits per heavy atom. The van der Waals surface area contributed by atoms with Crippen LogP contribution in [0.4, 0.5) is 0 Å². The van der Waals surface area contributed by atoms with E-state index in [9.17, 15) is 0 Å². The highest BCUT2D eigenvalue weighted by atomic mass is 16.5. The number of rotatable bonds is 6. The summed E-state index contributed by atoms with van der Waals surface area (Å²) in [6.07, 6.45) is 12.4. The Hall–Kier alpha value is -0.0800. The highest BCUT2D eigenvalue weighted by Crippen LogP contribution is 2.39. The molecule has 0 atom stereocenters. The Morgan fingerprint density at radius 1 is 1.00 bits per heavy atom. The molecule has 0 unspecified atom stereocenters. The van der Waals surface area contributed by atoms with Crippen LogP contribution in [0.2, 0.25) is 0 Å². The average molecular weight is 281 g/mol. The summed E-state index contributed by atoms with van der Waals surface area (Å²) in [5.41, 5.74) is 0.146. The fraction of sp³-hybridized carbons (Fsp3) is 1.00. The van der Waals surface area contributed by atoms with Crippen LogP contribution in [0.1, 0.15) is 78.6 Å². The first-order valence-electron chi connectivity index (χ1n) is 9.06. The lowest BCUT2D eigenvalue weighted by molar-refractivity contribution is -0.129. The van der Waals surface area contributed by atoms with E-state index in [-0.39, 0.29) is 5.60 Å². The summed E-state index contributed by atoms with van der Waals surface area (Å²) in [5.74, 6) is 1.86. The number of ether oxygens (including phenoxy) is 1. The van der Waals surface area contributed by atoms with E-state index in [4.69, 9.17) is 4.74 Å². The first kappa shape index (κ1) is 16.3. The summed E-state index contributed by atoms with van der Waals surface area (Å²) < 4.78 is 6.70. The highest BCUT2D eigenvalue weighted by molar-refractivity contribution is 4.90. The number of nitrogens with one attached hydrogen (secondary N) is 1. The van der Waals surface area contributed by atoms with Gasteiger partial charge >= 0.3 is 0 Å². The normalized spacial score (nSPS) is 38.9. The second-order valence-electron chi connectivity index (χ2n) is 7.31. The van der Waals surface area contributed by atoms with Gasteiger partial charge in [0.15, 0.2) is 0 Å². The molecule has 2 rings (SSSR count). The molecule has 2 aliphatic rings. The Bertz CT molecular complexity index is 263. The van der Waals surface area contributed by atoms with Crippen LogP contribution in [-0.4, -0.2) is 24.8 Å². The van der Waals surface area contributed by atoms with Gasteiger partial charge in [0.2, 0.25) is 0 Å². The minimum atomic E-state index is 0.146. The first-order chi connectivity index (χ1) is 9.67. The largest absolute Gasteiger partial charge is 0.370 e. The van der Waals surface area contributed by atoms with E-state index < -0.39 is 0 Å². The van der Waals surface area contributed by atoms with Crippen molar-refractivity contribution >= 4 is 0 Å². The predicted molar refractivity (Wildman–Crippen MR) is 86.0 cm³/mol. The van der Waals surface area contributed by atoms with E-state index in [1.165, 1.54) is 57.8 Å². The molecule has 0 heterocycles. The summed E-state index contributed by atoms with van der Waals surface area (Å²) in [5, 5.41) is 3.57. The lowest BCUT2D eigenvalue weighted by Crippen LogP contribution is -2.48. The zero-order valence-electron chi connectivity index (χ0n) is 13.9. The molecule has 0 radical (unpaired) electrons. The standard InChI is InChI=1S/C18H35NO/c1-4-16-10-12-18(13-11-16,14-19-5-2)20-17-8-6-15(3)7-9-17/h15-17,19H,4-14H2,1-3H3. The minimum Gasteiger partial charge on any atom is -0.370 e. The van der Waals surface area contributed by atoms with Crippen molar-refractivity contribution in [1.29, 1.82) is 0 Å². The maximum absolute atomic E-state index is 6.70. The molecule has 2 heteroatoms. The van der Waals surface area contributed by atoms with E-state index in [1.54, 1.807) is 0 Å². The molecular formula is C18H35NO. The van der Waals surface area contributed by atoms with Crippen LogP contribution in [-0.2, 0) is 4.74 Å². The molecule has 0 aliphatic heterocycles. The second kappa shape index (κ2) is 7.79. The second-order valence-corrected chi connectivity index (χ2v) is 7.31. The molecule has 0 aromatic rings. The zero-order valence-corrected chi connectivity index (χ0v) is 13.9. The maximum Gasteiger partial charge on any atom is 0.0810 e. The monoisotopic (exact) mass is 281 g/mol. The zero-order chi connectivity index (χ0) is 14.4. The number of hydrogen-bond acceptors (Lipinski definition) is 2. The van der Waals surface area contributed by atoms with E-state index in [2.05, 4.69) is 26.1 Å². The molecule has 0 spiro atoms. The van der Waals surface area contributed by atoms with Crippen LogP contribution in [0.25, 0.3) is 0 Å². The van der Waals surface area contributed by atoms with E-state index in [0.717, 1.165) is 24.9 Å². The van der Waals surface area contributed by atoms with Crippen molar-refractivity contribution in [3.8, 4) is 0 Å². The van der Waals surface area contributed by atoms with E-state index >= 15 is 0 Å². The van der Waals surface area contributed by atoms with E-state index in [1.807, 2.05) is 0 Å². The summed E-state index contributed by atoms with van der Waals surface area (Å²) in [6, 6.07) is 0. The molecule has 0 bridgehead atoms. The van der Waals surface area contributed by atoms with Gasteiger partial charge in [-0.2, -0.15) is 0 Å². The Labute approximate surface area is 126 Å². The molecule has 2 aliphatic carbocycles. The van der Waals surface area contributed by atoms with Gasteiger partial charge in [-0.3, -0.25) is 0 Å². The molecule has 118 valence electrons. The molecular weight excluding hydrogens is 246 g/mol. The Morgan fingerprint density at radius 2 is 1.65 bits per heavy atom. The number of hydrogen-bond donors (Lipinski definition) is 1. The molecule has 2 fully saturated rings. The molecule has 20 heavy (non-hydrogen) atoms. The van der Waals surface area contributed by atoms with Crippen molar-refractivity contribution in [2.24, 2.45) is 11.8 Å². The van der Waals surface area contributed by atoms with Crippen molar-refractivity contribution in [2.75, 3.05) is 13.1 Å². The fourth-order valence-electron chi connectivity index (χ4n) is 4.00. The molecule has 2 nitrogen and oxygen atoms in total. The Balaban J connectivity index is 1.89. The third-order valence-electron chi connectivity index (χ3n) is 5.67. The van der Waals surface area contributed by atoms with Crippen molar-refractivity contribution in [3.63, 3.8) is 0 Å². The van der Waals surface area contributed by atoms with Crippen molar-refractivity contribution in [3.05, 3.63) is 0 Å². The van der Waals surface area contributed by atoms with Crippen LogP contribution in [0, 0.1) is 11.8 Å². The van der Waals surface area contributed by atoms with Crippen LogP contribution in [0.5, 0.6) is 0 Å². The number of likely N-dealkylation sites (N-methyl/N-ethyl adjacent to an activating group) is 1. The van der Waals surface area contributed by atoms with Gasteiger partial charge in [0.05, 0.1) is 11.7 Å². The smallest absolute Gasteiger partial charge is 0.0810 e. The first-order valence-corrected chi connectivity index (χ1v) is 9.06. The predicted octanol–water partition coefficient (Wildman–Crippen LogP) is 4.53. The third kappa shape index (κ3) is 4.46. The van der Waals surface area contributed by atoms with Crippen LogP contribution < -0.4 is 5.32 Å². The fourth-order valence-corrected chi connectivity index (χ4v) is 4.00. The highest BCUT2D eigenvalue weighted by Gasteiger charge is 2.38. The Kier molecular flexibility index (Phi) is 6.35. The lowest BCUT2D eigenvalue weighted by Gasteiger charge is -2.43. The van der Waals surface area contributed by atoms with Gasteiger partial charge in [0.25, 0.3) is 0 Å². The van der Waals surface area contributed by atoms with Crippen molar-refractivity contribution in [1.82, 2.24) is 5.32 Å².